The van der Waals surface area contributed by atoms with Crippen LogP contribution < -0.4 is 10.5 Å². The van der Waals surface area contributed by atoms with Crippen molar-refractivity contribution in [1.29, 1.82) is 0 Å². The number of carbonyl (C=O) groups is 1. The molecule has 6 nitrogen and oxygen atoms in total. The summed E-state index contributed by atoms with van der Waals surface area (Å²) in [7, 11) is 3.32. The van der Waals surface area contributed by atoms with Crippen molar-refractivity contribution in [2.45, 2.75) is 13.5 Å². The van der Waals surface area contributed by atoms with E-state index in [1.54, 1.807) is 37.1 Å². The average Bonchev–Trinajstić information content (AvgIpc) is 2.74. The van der Waals surface area contributed by atoms with Gasteiger partial charge in [0, 0.05) is 31.1 Å². The minimum Gasteiger partial charge on any atom is -0.497 e. The molecule has 0 aliphatic heterocycles. The summed E-state index contributed by atoms with van der Waals surface area (Å²) in [6.07, 6.45) is 1.66. The number of nitrogens with zero attached hydrogens (tertiary/aromatic N) is 2. The zero-order chi connectivity index (χ0) is 14.7. The lowest BCUT2D eigenvalue weighted by Crippen LogP contribution is -2.10. The van der Waals surface area contributed by atoms with Crippen molar-refractivity contribution in [2.75, 3.05) is 12.8 Å². The van der Waals surface area contributed by atoms with Gasteiger partial charge in [0.05, 0.1) is 18.5 Å². The Morgan fingerprint density at radius 2 is 2.15 bits per heavy atom. The van der Waals surface area contributed by atoms with E-state index in [9.17, 15) is 4.79 Å². The van der Waals surface area contributed by atoms with Crippen molar-refractivity contribution in [3.05, 3.63) is 41.5 Å². The summed E-state index contributed by atoms with van der Waals surface area (Å²) in [5.74, 6) is 0.248. The van der Waals surface area contributed by atoms with Crippen LogP contribution in [0.5, 0.6) is 5.75 Å². The zero-order valence-corrected chi connectivity index (χ0v) is 11.7. The highest BCUT2D eigenvalue weighted by Crippen LogP contribution is 2.15. The van der Waals surface area contributed by atoms with Gasteiger partial charge in [-0.2, -0.15) is 0 Å². The van der Waals surface area contributed by atoms with Crippen LogP contribution in [-0.2, 0) is 18.4 Å². The maximum Gasteiger partial charge on any atom is 0.355 e. The van der Waals surface area contributed by atoms with E-state index in [-0.39, 0.29) is 6.61 Å². The largest absolute Gasteiger partial charge is 0.497 e. The molecule has 0 amide bonds. The maximum atomic E-state index is 11.9. The van der Waals surface area contributed by atoms with Crippen molar-refractivity contribution < 1.29 is 14.3 Å². The molecule has 106 valence electrons. The number of nitrogen functional groups attached to an aromatic ring is 1. The van der Waals surface area contributed by atoms with Gasteiger partial charge in [0.2, 0.25) is 0 Å². The fraction of sp³-hybridized carbons (Fsp3) is 0.286. The van der Waals surface area contributed by atoms with Crippen LogP contribution in [0, 0.1) is 6.92 Å². The third kappa shape index (κ3) is 3.09. The molecule has 0 unspecified atom stereocenters. The molecule has 0 radical (unpaired) electrons. The predicted octanol–water partition coefficient (Wildman–Crippen LogP) is 1.68. The van der Waals surface area contributed by atoms with Crippen molar-refractivity contribution in [2.24, 2.45) is 7.05 Å². The molecule has 2 heterocycles. The molecule has 2 rings (SSSR count). The summed E-state index contributed by atoms with van der Waals surface area (Å²) in [5.41, 5.74) is 7.99. The third-order valence-corrected chi connectivity index (χ3v) is 2.80. The molecule has 2 aromatic heterocycles. The van der Waals surface area contributed by atoms with E-state index in [2.05, 4.69) is 4.98 Å². The number of aryl methyl sites for hydroxylation is 2. The van der Waals surface area contributed by atoms with Crippen molar-refractivity contribution in [1.82, 2.24) is 9.55 Å². The van der Waals surface area contributed by atoms with Crippen LogP contribution in [0.2, 0.25) is 0 Å². The molecule has 0 atom stereocenters. The van der Waals surface area contributed by atoms with Gasteiger partial charge in [0.1, 0.15) is 18.1 Å². The summed E-state index contributed by atoms with van der Waals surface area (Å²) in [6, 6.07) is 5.12. The van der Waals surface area contributed by atoms with Crippen LogP contribution in [0.3, 0.4) is 0 Å². The number of esters is 1. The Kier molecular flexibility index (Phi) is 3.93. The van der Waals surface area contributed by atoms with Gasteiger partial charge in [-0.05, 0) is 13.0 Å². The minimum atomic E-state index is -0.438. The van der Waals surface area contributed by atoms with E-state index < -0.39 is 5.97 Å². The fourth-order valence-electron chi connectivity index (χ4n) is 1.90. The molecular formula is C14H17N3O3. The lowest BCUT2D eigenvalue weighted by atomic mass is 10.3. The molecule has 0 aromatic carbocycles. The molecule has 0 bridgehead atoms. The van der Waals surface area contributed by atoms with E-state index in [1.165, 1.54) is 0 Å². The second-order valence-electron chi connectivity index (χ2n) is 4.49. The molecule has 0 saturated heterocycles. The van der Waals surface area contributed by atoms with Gasteiger partial charge in [0.25, 0.3) is 0 Å². The highest BCUT2D eigenvalue weighted by Gasteiger charge is 2.13. The highest BCUT2D eigenvalue weighted by molar-refractivity contribution is 5.89. The van der Waals surface area contributed by atoms with Gasteiger partial charge in [-0.15, -0.1) is 0 Å². The normalized spacial score (nSPS) is 10.3. The van der Waals surface area contributed by atoms with Crippen LogP contribution in [0.1, 0.15) is 21.9 Å². The first-order chi connectivity index (χ1) is 9.49. The van der Waals surface area contributed by atoms with E-state index >= 15 is 0 Å². The molecular weight excluding hydrogens is 258 g/mol. The highest BCUT2D eigenvalue weighted by atomic mass is 16.5. The average molecular weight is 275 g/mol. The molecule has 2 N–H and O–H groups in total. The van der Waals surface area contributed by atoms with E-state index in [1.807, 2.05) is 13.0 Å². The summed E-state index contributed by atoms with van der Waals surface area (Å²) < 4.78 is 12.0. The number of hydrogen-bond acceptors (Lipinski definition) is 5. The monoisotopic (exact) mass is 275 g/mol. The van der Waals surface area contributed by atoms with Crippen LogP contribution in [-0.4, -0.2) is 22.6 Å². The second kappa shape index (κ2) is 5.64. The van der Waals surface area contributed by atoms with Crippen molar-refractivity contribution in [3.63, 3.8) is 0 Å². The SMILES string of the molecule is COc1cc(C)nc(COC(=O)c2cc(N)cn2C)c1. The predicted molar refractivity (Wildman–Crippen MR) is 74.5 cm³/mol. The quantitative estimate of drug-likeness (QED) is 0.859. The van der Waals surface area contributed by atoms with Gasteiger partial charge in [-0.3, -0.25) is 4.98 Å². The van der Waals surface area contributed by atoms with Gasteiger partial charge in [-0.25, -0.2) is 4.79 Å². The van der Waals surface area contributed by atoms with Crippen molar-refractivity contribution >= 4 is 11.7 Å². The van der Waals surface area contributed by atoms with Crippen LogP contribution in [0.15, 0.2) is 24.4 Å². The molecule has 20 heavy (non-hydrogen) atoms. The Balaban J connectivity index is 2.07. The number of nitrogens with two attached hydrogens (primary N) is 1. The molecule has 0 aliphatic carbocycles. The van der Waals surface area contributed by atoms with Gasteiger partial charge in [0.15, 0.2) is 0 Å². The molecule has 2 aromatic rings. The fourth-order valence-corrected chi connectivity index (χ4v) is 1.90. The van der Waals surface area contributed by atoms with E-state index in [0.717, 1.165) is 5.69 Å². The third-order valence-electron chi connectivity index (χ3n) is 2.80. The molecule has 6 heteroatoms. The number of anilines is 1. The number of aromatic nitrogens is 2. The zero-order valence-electron chi connectivity index (χ0n) is 11.7. The number of hydrogen-bond donors (Lipinski definition) is 1. The lowest BCUT2D eigenvalue weighted by molar-refractivity contribution is 0.0456. The molecule has 0 saturated carbocycles. The Labute approximate surface area is 117 Å². The number of pyridine rings is 1. The Hall–Kier alpha value is -2.50. The first-order valence-electron chi connectivity index (χ1n) is 6.10. The maximum absolute atomic E-state index is 11.9. The lowest BCUT2D eigenvalue weighted by Gasteiger charge is -2.07. The Morgan fingerprint density at radius 1 is 1.40 bits per heavy atom. The smallest absolute Gasteiger partial charge is 0.355 e. The number of ether oxygens (including phenoxy) is 2. The summed E-state index contributed by atoms with van der Waals surface area (Å²) in [4.78, 5) is 16.2. The number of carbonyl (C=O) groups excluding carboxylic acids is 1. The van der Waals surface area contributed by atoms with Crippen LogP contribution in [0.4, 0.5) is 5.69 Å². The van der Waals surface area contributed by atoms with Crippen LogP contribution >= 0.6 is 0 Å². The topological polar surface area (TPSA) is 79.4 Å². The minimum absolute atomic E-state index is 0.0853. The van der Waals surface area contributed by atoms with Gasteiger partial charge < -0.3 is 19.8 Å². The second-order valence-corrected chi connectivity index (χ2v) is 4.49. The Morgan fingerprint density at radius 3 is 2.75 bits per heavy atom. The standard InChI is InChI=1S/C14H17N3O3/c1-9-4-12(19-3)6-11(16-9)8-20-14(18)13-5-10(15)7-17(13)2/h4-7H,8,15H2,1-3H3. The molecule has 0 fully saturated rings. The first kappa shape index (κ1) is 13.9. The van der Waals surface area contributed by atoms with E-state index in [4.69, 9.17) is 15.2 Å². The van der Waals surface area contributed by atoms with Gasteiger partial charge in [-0.1, -0.05) is 0 Å². The molecule has 0 aliphatic rings. The van der Waals surface area contributed by atoms with E-state index in [0.29, 0.717) is 22.8 Å². The summed E-state index contributed by atoms with van der Waals surface area (Å²) in [5, 5.41) is 0. The van der Waals surface area contributed by atoms with Gasteiger partial charge >= 0.3 is 5.97 Å². The molecule has 0 spiro atoms. The van der Waals surface area contributed by atoms with Crippen LogP contribution in [0.25, 0.3) is 0 Å². The number of methoxy groups -OCH3 is 1. The Bertz CT molecular complexity index is 635. The summed E-state index contributed by atoms with van der Waals surface area (Å²) in [6.45, 7) is 1.94. The number of rotatable bonds is 4. The van der Waals surface area contributed by atoms with Crippen molar-refractivity contribution in [3.8, 4) is 5.75 Å². The summed E-state index contributed by atoms with van der Waals surface area (Å²) >= 11 is 0. The first-order valence-corrected chi connectivity index (χ1v) is 6.10.